The highest BCUT2D eigenvalue weighted by molar-refractivity contribution is 7.89. The van der Waals surface area contributed by atoms with E-state index in [1.54, 1.807) is 6.92 Å². The van der Waals surface area contributed by atoms with Crippen molar-refractivity contribution < 1.29 is 8.42 Å². The van der Waals surface area contributed by atoms with Gasteiger partial charge in [0.2, 0.25) is 10.0 Å². The van der Waals surface area contributed by atoms with Gasteiger partial charge in [0.1, 0.15) is 4.90 Å². The number of hydrogen-bond acceptors (Lipinski definition) is 4. The summed E-state index contributed by atoms with van der Waals surface area (Å²) < 4.78 is 27.9. The molecule has 21 heavy (non-hydrogen) atoms. The average Bonchev–Trinajstić information content (AvgIpc) is 2.86. The van der Waals surface area contributed by atoms with Crippen LogP contribution in [0.25, 0.3) is 0 Å². The van der Waals surface area contributed by atoms with Crippen molar-refractivity contribution in [2.75, 3.05) is 13.1 Å². The van der Waals surface area contributed by atoms with E-state index in [0.717, 1.165) is 19.4 Å². The van der Waals surface area contributed by atoms with Crippen LogP contribution in [-0.2, 0) is 16.6 Å². The van der Waals surface area contributed by atoms with Crippen molar-refractivity contribution in [3.05, 3.63) is 11.4 Å². The van der Waals surface area contributed by atoms with Gasteiger partial charge in [-0.3, -0.25) is 5.10 Å². The molecule has 6 nitrogen and oxygen atoms in total. The summed E-state index contributed by atoms with van der Waals surface area (Å²) >= 11 is 0. The van der Waals surface area contributed by atoms with Gasteiger partial charge in [0.15, 0.2) is 0 Å². The fourth-order valence-electron chi connectivity index (χ4n) is 2.88. The molecule has 0 aromatic carbocycles. The van der Waals surface area contributed by atoms with Crippen LogP contribution in [0.15, 0.2) is 4.90 Å². The molecule has 0 radical (unpaired) electrons. The van der Waals surface area contributed by atoms with Crippen LogP contribution in [0, 0.1) is 12.8 Å². The summed E-state index contributed by atoms with van der Waals surface area (Å²) in [5, 5.41) is 10.0. The van der Waals surface area contributed by atoms with Crippen molar-refractivity contribution >= 4 is 10.0 Å². The van der Waals surface area contributed by atoms with Gasteiger partial charge in [-0.2, -0.15) is 5.10 Å². The maximum absolute atomic E-state index is 12.5. The van der Waals surface area contributed by atoms with E-state index >= 15 is 0 Å². The molecule has 1 aromatic rings. The second-order valence-corrected chi connectivity index (χ2v) is 7.46. The summed E-state index contributed by atoms with van der Waals surface area (Å²) in [7, 11) is -3.49. The van der Waals surface area contributed by atoms with Crippen LogP contribution in [0.5, 0.6) is 0 Å². The lowest BCUT2D eigenvalue weighted by molar-refractivity contribution is 0.357. The number of sulfonamides is 1. The Kier molecular flexibility index (Phi) is 5.78. The van der Waals surface area contributed by atoms with Crippen LogP contribution in [-0.4, -0.2) is 31.7 Å². The zero-order valence-electron chi connectivity index (χ0n) is 12.9. The number of aromatic amines is 1. The fourth-order valence-corrected chi connectivity index (χ4v) is 4.36. The Labute approximate surface area is 127 Å². The lowest BCUT2D eigenvalue weighted by atomic mass is 9.90. The third-order valence-electron chi connectivity index (χ3n) is 4.06. The molecule has 0 unspecified atom stereocenters. The van der Waals surface area contributed by atoms with Gasteiger partial charge < -0.3 is 5.32 Å². The number of aromatic nitrogens is 2. The molecule has 7 heteroatoms. The molecule has 1 aromatic heterocycles. The second-order valence-electron chi connectivity index (χ2n) is 5.76. The van der Waals surface area contributed by atoms with Gasteiger partial charge in [-0.1, -0.05) is 26.2 Å². The van der Waals surface area contributed by atoms with E-state index in [2.05, 4.69) is 20.2 Å². The molecule has 0 amide bonds. The molecule has 0 saturated heterocycles. The normalized spacial score (nSPS) is 17.2. The van der Waals surface area contributed by atoms with Gasteiger partial charge >= 0.3 is 0 Å². The maximum Gasteiger partial charge on any atom is 0.244 e. The number of nitrogens with one attached hydrogen (secondary N) is 3. The monoisotopic (exact) mass is 314 g/mol. The largest absolute Gasteiger partial charge is 0.311 e. The topological polar surface area (TPSA) is 86.9 Å². The molecule has 2 rings (SSSR count). The molecule has 1 saturated carbocycles. The van der Waals surface area contributed by atoms with E-state index in [-0.39, 0.29) is 0 Å². The maximum atomic E-state index is 12.5. The highest BCUT2D eigenvalue weighted by Crippen LogP contribution is 2.24. The van der Waals surface area contributed by atoms with Gasteiger partial charge in [0.25, 0.3) is 0 Å². The third-order valence-corrected chi connectivity index (χ3v) is 5.69. The molecule has 0 bridgehead atoms. The van der Waals surface area contributed by atoms with Gasteiger partial charge in [-0.25, -0.2) is 13.1 Å². The number of rotatable bonds is 7. The Morgan fingerprint density at radius 1 is 1.29 bits per heavy atom. The summed E-state index contributed by atoms with van der Waals surface area (Å²) in [6.45, 7) is 5.50. The Morgan fingerprint density at radius 2 is 2.00 bits per heavy atom. The molecular weight excluding hydrogens is 288 g/mol. The first kappa shape index (κ1) is 16.5. The smallest absolute Gasteiger partial charge is 0.244 e. The predicted molar refractivity (Wildman–Crippen MR) is 82.5 cm³/mol. The molecule has 3 N–H and O–H groups in total. The van der Waals surface area contributed by atoms with E-state index in [4.69, 9.17) is 0 Å². The predicted octanol–water partition coefficient (Wildman–Crippen LogP) is 1.69. The van der Waals surface area contributed by atoms with E-state index in [1.165, 1.54) is 19.3 Å². The van der Waals surface area contributed by atoms with Crippen LogP contribution in [0.3, 0.4) is 0 Å². The van der Waals surface area contributed by atoms with E-state index < -0.39 is 10.0 Å². The van der Waals surface area contributed by atoms with Crippen LogP contribution >= 0.6 is 0 Å². The second kappa shape index (κ2) is 7.38. The highest BCUT2D eigenvalue weighted by atomic mass is 32.2. The first-order valence-electron chi connectivity index (χ1n) is 7.78. The Morgan fingerprint density at radius 3 is 2.67 bits per heavy atom. The molecule has 120 valence electrons. The van der Waals surface area contributed by atoms with E-state index in [9.17, 15) is 8.42 Å². The number of nitrogens with zero attached hydrogens (tertiary/aromatic N) is 1. The first-order chi connectivity index (χ1) is 10.0. The molecule has 1 heterocycles. The van der Waals surface area contributed by atoms with Crippen LogP contribution in [0.4, 0.5) is 0 Å². The summed E-state index contributed by atoms with van der Waals surface area (Å²) in [5.74, 6) is 0.470. The van der Waals surface area contributed by atoms with E-state index in [0.29, 0.717) is 35.3 Å². The van der Waals surface area contributed by atoms with E-state index in [1.807, 2.05) is 6.92 Å². The van der Waals surface area contributed by atoms with Crippen molar-refractivity contribution in [3.63, 3.8) is 0 Å². The minimum atomic E-state index is -3.49. The fraction of sp³-hybridized carbons (Fsp3) is 0.786. The van der Waals surface area contributed by atoms with Crippen molar-refractivity contribution in [2.45, 2.75) is 57.4 Å². The van der Waals surface area contributed by atoms with Crippen molar-refractivity contribution in [1.82, 2.24) is 20.2 Å². The zero-order chi connectivity index (χ0) is 15.3. The van der Waals surface area contributed by atoms with Crippen LogP contribution < -0.4 is 10.0 Å². The number of H-pyrrole nitrogens is 1. The van der Waals surface area contributed by atoms with Gasteiger partial charge in [-0.05, 0) is 32.2 Å². The standard InChI is InChI=1S/C14H26N4O2S/c1-3-15-10-13-14(11(2)17-18-13)21(19,20)16-9-12-7-5-4-6-8-12/h12,15-16H,3-10H2,1-2H3,(H,17,18). The Bertz CT molecular complexity index is 547. The molecule has 0 spiro atoms. The summed E-state index contributed by atoms with van der Waals surface area (Å²) in [6.07, 6.45) is 5.94. The highest BCUT2D eigenvalue weighted by Gasteiger charge is 2.25. The summed E-state index contributed by atoms with van der Waals surface area (Å²) in [4.78, 5) is 0.305. The lowest BCUT2D eigenvalue weighted by Gasteiger charge is -2.21. The van der Waals surface area contributed by atoms with Crippen molar-refractivity contribution in [2.24, 2.45) is 5.92 Å². The van der Waals surface area contributed by atoms with Crippen LogP contribution in [0.2, 0.25) is 0 Å². The van der Waals surface area contributed by atoms with Crippen LogP contribution in [0.1, 0.15) is 50.4 Å². The lowest BCUT2D eigenvalue weighted by Crippen LogP contribution is -2.31. The minimum absolute atomic E-state index is 0.305. The zero-order valence-corrected chi connectivity index (χ0v) is 13.7. The number of hydrogen-bond donors (Lipinski definition) is 3. The quantitative estimate of drug-likeness (QED) is 0.715. The minimum Gasteiger partial charge on any atom is -0.311 e. The first-order valence-corrected chi connectivity index (χ1v) is 9.27. The molecule has 1 fully saturated rings. The molecule has 0 atom stereocenters. The summed E-state index contributed by atoms with van der Waals surface area (Å²) in [5.41, 5.74) is 1.16. The Balaban J connectivity index is 2.05. The van der Waals surface area contributed by atoms with Gasteiger partial charge in [0.05, 0.1) is 11.4 Å². The molecule has 1 aliphatic carbocycles. The average molecular weight is 314 g/mol. The van der Waals surface area contributed by atoms with Crippen molar-refractivity contribution in [1.29, 1.82) is 0 Å². The van der Waals surface area contributed by atoms with Crippen molar-refractivity contribution in [3.8, 4) is 0 Å². The molecular formula is C14H26N4O2S. The molecule has 0 aliphatic heterocycles. The summed E-state index contributed by atoms with van der Waals surface area (Å²) in [6, 6.07) is 0. The third kappa shape index (κ3) is 4.28. The van der Waals surface area contributed by atoms with Gasteiger partial charge in [0, 0.05) is 13.1 Å². The van der Waals surface area contributed by atoms with Gasteiger partial charge in [-0.15, -0.1) is 0 Å². The number of aryl methyl sites for hydroxylation is 1. The SMILES string of the molecule is CCNCc1n[nH]c(C)c1S(=O)(=O)NCC1CCCCC1. The molecule has 1 aliphatic rings. The Hall–Kier alpha value is -0.920.